The van der Waals surface area contributed by atoms with Gasteiger partial charge in [-0.05, 0) is 26.3 Å². The number of rotatable bonds is 5. The number of carbonyl (C=O) groups is 1. The van der Waals surface area contributed by atoms with Crippen LogP contribution in [0.3, 0.4) is 0 Å². The molecule has 5 heteroatoms. The Bertz CT molecular complexity index is 333. The lowest BCUT2D eigenvalue weighted by Gasteiger charge is -2.00. The fraction of sp³-hybridized carbons (Fsp3) is 0.600. The predicted molar refractivity (Wildman–Crippen MR) is 56.5 cm³/mol. The molecule has 84 valence electrons. The largest absolute Gasteiger partial charge is 0.461 e. The second-order valence-corrected chi connectivity index (χ2v) is 3.29. The third-order valence-electron chi connectivity index (χ3n) is 2.02. The highest BCUT2D eigenvalue weighted by Gasteiger charge is 2.16. The Labute approximate surface area is 89.2 Å². The minimum Gasteiger partial charge on any atom is -0.461 e. The summed E-state index contributed by atoms with van der Waals surface area (Å²) in [5.74, 6) is -0.356. The number of carbonyl (C=O) groups excluding carboxylic acids is 1. The lowest BCUT2D eigenvalue weighted by atomic mass is 10.1. The monoisotopic (exact) mass is 211 g/mol. The average Bonchev–Trinajstić information content (AvgIpc) is 2.57. The van der Waals surface area contributed by atoms with Crippen molar-refractivity contribution in [3.63, 3.8) is 0 Å². The Kier molecular flexibility index (Phi) is 4.30. The maximum absolute atomic E-state index is 11.5. The van der Waals surface area contributed by atoms with Gasteiger partial charge in [0.05, 0.1) is 6.61 Å². The normalized spacial score (nSPS) is 10.3. The van der Waals surface area contributed by atoms with E-state index < -0.39 is 0 Å². The van der Waals surface area contributed by atoms with Crippen LogP contribution < -0.4 is 5.73 Å². The molecule has 0 bridgehead atoms. The molecule has 1 aromatic heterocycles. The van der Waals surface area contributed by atoms with Gasteiger partial charge in [-0.15, -0.1) is 0 Å². The van der Waals surface area contributed by atoms with Crippen molar-refractivity contribution in [3.8, 4) is 0 Å². The fourth-order valence-electron chi connectivity index (χ4n) is 1.38. The third kappa shape index (κ3) is 3.06. The zero-order chi connectivity index (χ0) is 11.3. The molecule has 0 aromatic carbocycles. The van der Waals surface area contributed by atoms with Crippen LogP contribution in [0.25, 0.3) is 0 Å². The van der Waals surface area contributed by atoms with Crippen molar-refractivity contribution in [1.82, 2.24) is 9.78 Å². The van der Waals surface area contributed by atoms with E-state index in [0.717, 1.165) is 18.4 Å². The molecule has 15 heavy (non-hydrogen) atoms. The van der Waals surface area contributed by atoms with E-state index in [1.54, 1.807) is 18.7 Å². The fourth-order valence-corrected chi connectivity index (χ4v) is 1.38. The number of nitrogens with two attached hydrogens (primary N) is 1. The number of esters is 1. The topological polar surface area (TPSA) is 70.1 Å². The minimum atomic E-state index is -0.356. The summed E-state index contributed by atoms with van der Waals surface area (Å²) in [5.41, 5.74) is 6.74. The van der Waals surface area contributed by atoms with E-state index in [1.807, 2.05) is 6.20 Å². The number of aromatic nitrogens is 2. The van der Waals surface area contributed by atoms with E-state index in [4.69, 9.17) is 10.5 Å². The molecule has 0 aliphatic heterocycles. The number of hydrogen-bond acceptors (Lipinski definition) is 4. The molecule has 0 unspecified atom stereocenters. The lowest BCUT2D eigenvalue weighted by Crippen LogP contribution is -2.09. The molecule has 0 amide bonds. The highest BCUT2D eigenvalue weighted by molar-refractivity contribution is 5.88. The van der Waals surface area contributed by atoms with Crippen molar-refractivity contribution < 1.29 is 9.53 Å². The number of nitrogens with zero attached hydrogens (tertiary/aromatic N) is 2. The van der Waals surface area contributed by atoms with Crippen LogP contribution in [0.2, 0.25) is 0 Å². The van der Waals surface area contributed by atoms with Gasteiger partial charge < -0.3 is 10.5 Å². The molecular formula is C10H17N3O2. The first-order valence-corrected chi connectivity index (χ1v) is 5.08. The van der Waals surface area contributed by atoms with Gasteiger partial charge in [0.2, 0.25) is 0 Å². The van der Waals surface area contributed by atoms with Gasteiger partial charge in [0.15, 0.2) is 5.69 Å². The van der Waals surface area contributed by atoms with Crippen LogP contribution in [-0.4, -0.2) is 28.9 Å². The number of hydrogen-bond donors (Lipinski definition) is 1. The Balaban J connectivity index is 2.80. The Hall–Kier alpha value is -1.36. The quantitative estimate of drug-likeness (QED) is 0.719. The van der Waals surface area contributed by atoms with E-state index in [2.05, 4.69) is 5.10 Å². The molecule has 2 N–H and O–H groups in total. The van der Waals surface area contributed by atoms with Crippen molar-refractivity contribution in [2.45, 2.75) is 19.8 Å². The minimum absolute atomic E-state index is 0.356. The number of aryl methyl sites for hydroxylation is 2. The predicted octanol–water partition coefficient (Wildman–Crippen LogP) is 0.488. The summed E-state index contributed by atoms with van der Waals surface area (Å²) in [6.07, 6.45) is 3.44. The summed E-state index contributed by atoms with van der Waals surface area (Å²) in [6, 6.07) is 0. The van der Waals surface area contributed by atoms with Crippen molar-refractivity contribution in [3.05, 3.63) is 17.5 Å². The second-order valence-electron chi connectivity index (χ2n) is 3.29. The van der Waals surface area contributed by atoms with Gasteiger partial charge in [-0.1, -0.05) is 0 Å². The first-order valence-electron chi connectivity index (χ1n) is 5.08. The van der Waals surface area contributed by atoms with Crippen molar-refractivity contribution >= 4 is 5.97 Å². The van der Waals surface area contributed by atoms with E-state index in [9.17, 15) is 4.79 Å². The molecular weight excluding hydrogens is 194 g/mol. The summed E-state index contributed by atoms with van der Waals surface area (Å²) in [4.78, 5) is 11.5. The summed E-state index contributed by atoms with van der Waals surface area (Å²) >= 11 is 0. The van der Waals surface area contributed by atoms with Crippen molar-refractivity contribution in [2.75, 3.05) is 13.2 Å². The summed E-state index contributed by atoms with van der Waals surface area (Å²) in [5, 5.41) is 4.08. The van der Waals surface area contributed by atoms with Crippen molar-refractivity contribution in [1.29, 1.82) is 0 Å². The summed E-state index contributed by atoms with van der Waals surface area (Å²) < 4.78 is 6.54. The zero-order valence-electron chi connectivity index (χ0n) is 9.19. The molecule has 0 aliphatic carbocycles. The molecule has 5 nitrogen and oxygen atoms in total. The van der Waals surface area contributed by atoms with Crippen LogP contribution >= 0.6 is 0 Å². The smallest absolute Gasteiger partial charge is 0.359 e. The summed E-state index contributed by atoms with van der Waals surface area (Å²) in [6.45, 7) is 2.75. The Morgan fingerprint density at radius 3 is 3.00 bits per heavy atom. The first kappa shape index (κ1) is 11.7. The van der Waals surface area contributed by atoms with Gasteiger partial charge in [-0.25, -0.2) is 4.79 Å². The van der Waals surface area contributed by atoms with Crippen LogP contribution in [0, 0.1) is 0 Å². The van der Waals surface area contributed by atoms with Gasteiger partial charge >= 0.3 is 5.97 Å². The van der Waals surface area contributed by atoms with Gasteiger partial charge in [0.25, 0.3) is 0 Å². The van der Waals surface area contributed by atoms with Crippen LogP contribution in [-0.2, 0) is 18.2 Å². The molecule has 1 heterocycles. The van der Waals surface area contributed by atoms with E-state index in [-0.39, 0.29) is 5.97 Å². The molecule has 1 rings (SSSR count). The van der Waals surface area contributed by atoms with Gasteiger partial charge in [0, 0.05) is 18.8 Å². The average molecular weight is 211 g/mol. The molecule has 1 aromatic rings. The molecule has 0 aliphatic rings. The molecule has 0 spiro atoms. The lowest BCUT2D eigenvalue weighted by molar-refractivity contribution is 0.0517. The molecule has 0 radical (unpaired) electrons. The SMILES string of the molecule is CCOC(=O)c1nn(C)cc1CCCN. The highest BCUT2D eigenvalue weighted by atomic mass is 16.5. The standard InChI is InChI=1S/C10H17N3O2/c1-3-15-10(14)9-8(5-4-6-11)7-13(2)12-9/h7H,3-6,11H2,1-2H3. The maximum Gasteiger partial charge on any atom is 0.359 e. The molecule has 0 fully saturated rings. The Morgan fingerprint density at radius 2 is 2.40 bits per heavy atom. The van der Waals surface area contributed by atoms with E-state index in [1.165, 1.54) is 0 Å². The second kappa shape index (κ2) is 5.50. The van der Waals surface area contributed by atoms with Crippen LogP contribution in [0.5, 0.6) is 0 Å². The highest BCUT2D eigenvalue weighted by Crippen LogP contribution is 2.10. The van der Waals surface area contributed by atoms with Crippen LogP contribution in [0.4, 0.5) is 0 Å². The summed E-state index contributed by atoms with van der Waals surface area (Å²) in [7, 11) is 1.79. The van der Waals surface area contributed by atoms with Gasteiger partial charge in [0.1, 0.15) is 0 Å². The molecule has 0 atom stereocenters. The Morgan fingerprint density at radius 1 is 1.67 bits per heavy atom. The first-order chi connectivity index (χ1) is 7.19. The van der Waals surface area contributed by atoms with Crippen molar-refractivity contribution in [2.24, 2.45) is 12.8 Å². The third-order valence-corrected chi connectivity index (χ3v) is 2.02. The maximum atomic E-state index is 11.5. The number of ether oxygens (including phenoxy) is 1. The van der Waals surface area contributed by atoms with Crippen LogP contribution in [0.1, 0.15) is 29.4 Å². The molecule has 0 saturated heterocycles. The zero-order valence-corrected chi connectivity index (χ0v) is 9.19. The van der Waals surface area contributed by atoms with Gasteiger partial charge in [-0.3, -0.25) is 4.68 Å². The molecule has 0 saturated carbocycles. The van der Waals surface area contributed by atoms with E-state index >= 15 is 0 Å². The van der Waals surface area contributed by atoms with Crippen LogP contribution in [0.15, 0.2) is 6.20 Å². The van der Waals surface area contributed by atoms with E-state index in [0.29, 0.717) is 18.8 Å². The van der Waals surface area contributed by atoms with Gasteiger partial charge in [-0.2, -0.15) is 5.10 Å².